The maximum Gasteiger partial charge on any atom is 0.268 e. The molecule has 1 amide bonds. The van der Waals surface area contributed by atoms with E-state index >= 15 is 0 Å². The highest BCUT2D eigenvalue weighted by atomic mass is 16.3. The minimum Gasteiger partial charge on any atom is -0.467 e. The van der Waals surface area contributed by atoms with Gasteiger partial charge in [-0.3, -0.25) is 4.79 Å². The summed E-state index contributed by atoms with van der Waals surface area (Å²) in [6, 6.07) is 7.70. The summed E-state index contributed by atoms with van der Waals surface area (Å²) in [4.78, 5) is 15.5. The number of rotatable bonds is 3. The highest BCUT2D eigenvalue weighted by Crippen LogP contribution is 2.25. The molecule has 2 heterocycles. The van der Waals surface area contributed by atoms with Gasteiger partial charge >= 0.3 is 0 Å². The molecule has 0 bridgehead atoms. The normalized spacial score (nSPS) is 11.0. The Kier molecular flexibility index (Phi) is 3.29. The molecule has 2 N–H and O–H groups in total. The lowest BCUT2D eigenvalue weighted by atomic mass is 10.0. The van der Waals surface area contributed by atoms with Crippen molar-refractivity contribution in [2.45, 2.75) is 27.3 Å². The molecule has 21 heavy (non-hydrogen) atoms. The molecule has 0 aliphatic heterocycles. The van der Waals surface area contributed by atoms with E-state index in [-0.39, 0.29) is 5.91 Å². The van der Waals surface area contributed by atoms with Crippen LogP contribution in [-0.4, -0.2) is 10.9 Å². The number of fused-ring (bicyclic) bond motifs is 1. The third kappa shape index (κ3) is 2.44. The first kappa shape index (κ1) is 13.5. The lowest BCUT2D eigenvalue weighted by Crippen LogP contribution is -2.22. The third-order valence-corrected chi connectivity index (χ3v) is 3.89. The summed E-state index contributed by atoms with van der Waals surface area (Å²) in [7, 11) is 0. The number of hydrogen-bond donors (Lipinski definition) is 2. The summed E-state index contributed by atoms with van der Waals surface area (Å²) in [5.41, 5.74) is 5.20. The van der Waals surface area contributed by atoms with Crippen LogP contribution in [0, 0.1) is 20.8 Å². The number of hydrogen-bond acceptors (Lipinski definition) is 2. The summed E-state index contributed by atoms with van der Waals surface area (Å²) in [6.07, 6.45) is 1.60. The number of benzene rings is 1. The largest absolute Gasteiger partial charge is 0.467 e. The van der Waals surface area contributed by atoms with Crippen LogP contribution < -0.4 is 5.32 Å². The quantitative estimate of drug-likeness (QED) is 0.771. The standard InChI is InChI=1S/C17H18N2O2/c1-10-7-11(2)14-8-15(19-16(14)12(10)3)17(20)18-9-13-5-4-6-21-13/h4-8,19H,9H2,1-3H3,(H,18,20). The zero-order valence-electron chi connectivity index (χ0n) is 12.4. The molecule has 3 aromatic rings. The van der Waals surface area contributed by atoms with E-state index < -0.39 is 0 Å². The van der Waals surface area contributed by atoms with Gasteiger partial charge in [-0.05, 0) is 55.7 Å². The van der Waals surface area contributed by atoms with Gasteiger partial charge < -0.3 is 14.7 Å². The van der Waals surface area contributed by atoms with Crippen LogP contribution in [0.25, 0.3) is 10.9 Å². The van der Waals surface area contributed by atoms with Crippen molar-refractivity contribution in [1.29, 1.82) is 0 Å². The molecule has 4 heteroatoms. The smallest absolute Gasteiger partial charge is 0.268 e. The Morgan fingerprint density at radius 3 is 2.76 bits per heavy atom. The highest BCUT2D eigenvalue weighted by molar-refractivity contribution is 5.99. The van der Waals surface area contributed by atoms with Gasteiger partial charge in [0.1, 0.15) is 11.5 Å². The van der Waals surface area contributed by atoms with E-state index in [0.717, 1.165) is 16.7 Å². The van der Waals surface area contributed by atoms with E-state index in [1.54, 1.807) is 12.3 Å². The molecule has 0 aliphatic carbocycles. The van der Waals surface area contributed by atoms with Gasteiger partial charge in [-0.25, -0.2) is 0 Å². The fourth-order valence-electron chi connectivity index (χ4n) is 2.57. The summed E-state index contributed by atoms with van der Waals surface area (Å²) in [5, 5.41) is 3.95. The predicted molar refractivity (Wildman–Crippen MR) is 82.4 cm³/mol. The first-order chi connectivity index (χ1) is 10.1. The Labute approximate surface area is 123 Å². The van der Waals surface area contributed by atoms with Crippen molar-refractivity contribution in [1.82, 2.24) is 10.3 Å². The SMILES string of the molecule is Cc1cc(C)c2cc(C(=O)NCc3ccco3)[nH]c2c1C. The average Bonchev–Trinajstić information content (AvgIpc) is 3.11. The van der Waals surface area contributed by atoms with Gasteiger partial charge in [-0.2, -0.15) is 0 Å². The molecular formula is C17H18N2O2. The molecule has 1 aromatic carbocycles. The second-order valence-corrected chi connectivity index (χ2v) is 5.37. The fraction of sp³-hybridized carbons (Fsp3) is 0.235. The van der Waals surface area contributed by atoms with E-state index in [0.29, 0.717) is 12.2 Å². The number of nitrogens with one attached hydrogen (secondary N) is 2. The molecule has 0 spiro atoms. The summed E-state index contributed by atoms with van der Waals surface area (Å²) < 4.78 is 5.21. The van der Waals surface area contributed by atoms with E-state index in [9.17, 15) is 4.79 Å². The van der Waals surface area contributed by atoms with Crippen molar-refractivity contribution in [3.63, 3.8) is 0 Å². The molecule has 0 aliphatic rings. The second-order valence-electron chi connectivity index (χ2n) is 5.37. The van der Waals surface area contributed by atoms with E-state index in [1.165, 1.54) is 16.7 Å². The molecule has 0 radical (unpaired) electrons. The number of aromatic amines is 1. The van der Waals surface area contributed by atoms with E-state index in [4.69, 9.17) is 4.42 Å². The van der Waals surface area contributed by atoms with Gasteiger partial charge in [0.25, 0.3) is 5.91 Å². The molecular weight excluding hydrogens is 264 g/mol. The topological polar surface area (TPSA) is 58.0 Å². The van der Waals surface area contributed by atoms with Gasteiger partial charge in [0.15, 0.2) is 0 Å². The third-order valence-electron chi connectivity index (χ3n) is 3.89. The van der Waals surface area contributed by atoms with Crippen molar-refractivity contribution in [2.24, 2.45) is 0 Å². The van der Waals surface area contributed by atoms with Crippen molar-refractivity contribution in [3.05, 3.63) is 58.7 Å². The average molecular weight is 282 g/mol. The number of amides is 1. The number of aromatic nitrogens is 1. The zero-order valence-corrected chi connectivity index (χ0v) is 12.4. The summed E-state index contributed by atoms with van der Waals surface area (Å²) in [6.45, 7) is 6.60. The van der Waals surface area contributed by atoms with Crippen molar-refractivity contribution >= 4 is 16.8 Å². The maximum absolute atomic E-state index is 12.2. The number of carbonyl (C=O) groups is 1. The molecule has 0 saturated heterocycles. The van der Waals surface area contributed by atoms with Gasteiger partial charge in [0.05, 0.1) is 12.8 Å². The minimum absolute atomic E-state index is 0.126. The van der Waals surface area contributed by atoms with Crippen LogP contribution in [0.4, 0.5) is 0 Å². The zero-order chi connectivity index (χ0) is 15.0. The molecule has 0 atom stereocenters. The summed E-state index contributed by atoms with van der Waals surface area (Å²) >= 11 is 0. The van der Waals surface area contributed by atoms with Crippen LogP contribution >= 0.6 is 0 Å². The van der Waals surface area contributed by atoms with Crippen LogP contribution in [0.3, 0.4) is 0 Å². The molecule has 3 rings (SSSR count). The first-order valence-electron chi connectivity index (χ1n) is 6.96. The van der Waals surface area contributed by atoms with Gasteiger partial charge in [0.2, 0.25) is 0 Å². The molecule has 2 aromatic heterocycles. The number of furan rings is 1. The Morgan fingerprint density at radius 2 is 2.05 bits per heavy atom. The van der Waals surface area contributed by atoms with Crippen molar-refractivity contribution < 1.29 is 9.21 Å². The van der Waals surface area contributed by atoms with Crippen LogP contribution in [0.15, 0.2) is 34.9 Å². The summed E-state index contributed by atoms with van der Waals surface area (Å²) in [5.74, 6) is 0.613. The van der Waals surface area contributed by atoms with Crippen LogP contribution in [0.2, 0.25) is 0 Å². The van der Waals surface area contributed by atoms with Gasteiger partial charge in [0, 0.05) is 10.9 Å². The lowest BCUT2D eigenvalue weighted by Gasteiger charge is -2.04. The fourth-order valence-corrected chi connectivity index (χ4v) is 2.57. The van der Waals surface area contributed by atoms with E-state index in [2.05, 4.69) is 37.1 Å². The van der Waals surface area contributed by atoms with Gasteiger partial charge in [-0.1, -0.05) is 6.07 Å². The number of aryl methyl sites for hydroxylation is 3. The Bertz CT molecular complexity index is 798. The molecule has 0 fully saturated rings. The lowest BCUT2D eigenvalue weighted by molar-refractivity contribution is 0.0944. The second kappa shape index (κ2) is 5.13. The number of carbonyl (C=O) groups excluding carboxylic acids is 1. The Balaban J connectivity index is 1.88. The molecule has 0 unspecified atom stereocenters. The van der Waals surface area contributed by atoms with E-state index in [1.807, 2.05) is 12.1 Å². The Hall–Kier alpha value is -2.49. The minimum atomic E-state index is -0.126. The van der Waals surface area contributed by atoms with Crippen LogP contribution in [0.1, 0.15) is 32.9 Å². The monoisotopic (exact) mass is 282 g/mol. The molecule has 108 valence electrons. The molecule has 0 saturated carbocycles. The predicted octanol–water partition coefficient (Wildman–Crippen LogP) is 3.62. The first-order valence-corrected chi connectivity index (χ1v) is 6.96. The number of H-pyrrole nitrogens is 1. The highest BCUT2D eigenvalue weighted by Gasteiger charge is 2.13. The van der Waals surface area contributed by atoms with Crippen molar-refractivity contribution in [3.8, 4) is 0 Å². The van der Waals surface area contributed by atoms with Crippen LogP contribution in [-0.2, 0) is 6.54 Å². The van der Waals surface area contributed by atoms with Crippen LogP contribution in [0.5, 0.6) is 0 Å². The maximum atomic E-state index is 12.2. The molecule has 4 nitrogen and oxygen atoms in total. The van der Waals surface area contributed by atoms with Gasteiger partial charge in [-0.15, -0.1) is 0 Å². The van der Waals surface area contributed by atoms with Crippen molar-refractivity contribution in [2.75, 3.05) is 0 Å². The Morgan fingerprint density at radius 1 is 1.24 bits per heavy atom.